The summed E-state index contributed by atoms with van der Waals surface area (Å²) in [6.45, 7) is 0.773. The van der Waals surface area contributed by atoms with E-state index < -0.39 is 5.91 Å². The van der Waals surface area contributed by atoms with Crippen LogP contribution in [0.1, 0.15) is 11.1 Å². The highest BCUT2D eigenvalue weighted by molar-refractivity contribution is 5.91. The zero-order valence-electron chi connectivity index (χ0n) is 17.2. The van der Waals surface area contributed by atoms with Gasteiger partial charge in [0.1, 0.15) is 11.6 Å². The number of nitrogens with one attached hydrogen (secondary N) is 1. The zero-order chi connectivity index (χ0) is 21.6. The molecule has 0 fully saturated rings. The van der Waals surface area contributed by atoms with E-state index in [0.29, 0.717) is 0 Å². The molecule has 1 amide bonds. The number of carbonyl (C=O) groups is 1. The van der Waals surface area contributed by atoms with Crippen LogP contribution in [0.5, 0.6) is 5.75 Å². The van der Waals surface area contributed by atoms with Crippen LogP contribution < -0.4 is 10.2 Å². The van der Waals surface area contributed by atoms with E-state index in [1.165, 1.54) is 11.6 Å². The lowest BCUT2D eigenvalue weighted by Crippen LogP contribution is -2.14. The molecule has 4 aromatic rings. The van der Waals surface area contributed by atoms with E-state index in [1.807, 2.05) is 54.6 Å². The van der Waals surface area contributed by atoms with E-state index in [2.05, 4.69) is 22.8 Å². The maximum Gasteiger partial charge on any atom is 0.267 e. The molecule has 0 bridgehead atoms. The molecule has 0 aliphatic heterocycles. The highest BCUT2D eigenvalue weighted by atomic mass is 16.5. The Morgan fingerprint density at radius 1 is 1.10 bits per heavy atom. The number of benzene rings is 3. The Bertz CT molecular complexity index is 1230. The van der Waals surface area contributed by atoms with Gasteiger partial charge in [0.15, 0.2) is 0 Å². The summed E-state index contributed by atoms with van der Waals surface area (Å²) in [6, 6.07) is 24.0. The highest BCUT2D eigenvalue weighted by Crippen LogP contribution is 2.26. The quantitative estimate of drug-likeness (QED) is 0.266. The number of methoxy groups -OCH3 is 1. The van der Waals surface area contributed by atoms with Crippen LogP contribution in [0.15, 0.2) is 78.9 Å². The van der Waals surface area contributed by atoms with Crippen LogP contribution in [0.4, 0.5) is 0 Å². The van der Waals surface area contributed by atoms with Gasteiger partial charge in [0.05, 0.1) is 18.1 Å². The second kappa shape index (κ2) is 9.28. The standard InChI is InChI=1S/C25H23N3O3/c1-31-21-12-9-18(10-13-21)15-16-28-23-8-3-2-7-22(23)26-25(28)20-6-4-5-19(17-20)11-14-24(29)27-30/h2-14,17,30H,15-16H2,1H3,(H,27,29). The molecule has 0 aliphatic rings. The van der Waals surface area contributed by atoms with E-state index in [0.717, 1.165) is 46.7 Å². The number of aryl methyl sites for hydroxylation is 2. The van der Waals surface area contributed by atoms with Crippen molar-refractivity contribution >= 4 is 23.0 Å². The van der Waals surface area contributed by atoms with Crippen molar-refractivity contribution in [2.24, 2.45) is 0 Å². The first-order valence-electron chi connectivity index (χ1n) is 9.99. The molecule has 1 heterocycles. The molecule has 0 spiro atoms. The maximum absolute atomic E-state index is 11.3. The molecule has 6 nitrogen and oxygen atoms in total. The highest BCUT2D eigenvalue weighted by Gasteiger charge is 2.13. The Balaban J connectivity index is 1.68. The minimum atomic E-state index is -0.572. The summed E-state index contributed by atoms with van der Waals surface area (Å²) in [6.07, 6.45) is 3.79. The Kier molecular flexibility index (Phi) is 6.10. The lowest BCUT2D eigenvalue weighted by atomic mass is 10.1. The Hall–Kier alpha value is -3.90. The van der Waals surface area contributed by atoms with Gasteiger partial charge in [-0.05, 0) is 54.0 Å². The van der Waals surface area contributed by atoms with Crippen LogP contribution in [0, 0.1) is 0 Å². The van der Waals surface area contributed by atoms with E-state index in [1.54, 1.807) is 18.7 Å². The average molecular weight is 413 g/mol. The molecular formula is C25H23N3O3. The lowest BCUT2D eigenvalue weighted by Gasteiger charge is -2.11. The molecule has 0 aliphatic carbocycles. The van der Waals surface area contributed by atoms with Crippen molar-refractivity contribution in [2.45, 2.75) is 13.0 Å². The normalized spacial score (nSPS) is 11.2. The van der Waals surface area contributed by atoms with Gasteiger partial charge >= 0.3 is 0 Å². The molecule has 0 saturated heterocycles. The van der Waals surface area contributed by atoms with Crippen LogP contribution in [-0.2, 0) is 17.8 Å². The SMILES string of the molecule is COc1ccc(CCn2c(-c3cccc(C=CC(=O)NO)c3)nc3ccccc32)cc1. The Morgan fingerprint density at radius 3 is 2.68 bits per heavy atom. The molecule has 156 valence electrons. The summed E-state index contributed by atoms with van der Waals surface area (Å²) < 4.78 is 7.47. The van der Waals surface area contributed by atoms with Crippen LogP contribution in [0.2, 0.25) is 0 Å². The molecule has 31 heavy (non-hydrogen) atoms. The van der Waals surface area contributed by atoms with Crippen LogP contribution in [0.25, 0.3) is 28.5 Å². The first-order chi connectivity index (χ1) is 15.2. The van der Waals surface area contributed by atoms with Crippen molar-refractivity contribution in [3.63, 3.8) is 0 Å². The monoisotopic (exact) mass is 413 g/mol. The Labute approximate surface area is 180 Å². The summed E-state index contributed by atoms with van der Waals surface area (Å²) >= 11 is 0. The average Bonchev–Trinajstić information content (AvgIpc) is 3.20. The van der Waals surface area contributed by atoms with Crippen molar-refractivity contribution in [1.82, 2.24) is 15.0 Å². The number of hydrogen-bond donors (Lipinski definition) is 2. The van der Waals surface area contributed by atoms with Crippen LogP contribution in [-0.4, -0.2) is 27.8 Å². The molecule has 0 radical (unpaired) electrons. The van der Waals surface area contributed by atoms with E-state index in [-0.39, 0.29) is 0 Å². The molecular weight excluding hydrogens is 390 g/mol. The number of fused-ring (bicyclic) bond motifs is 1. The first-order valence-corrected chi connectivity index (χ1v) is 9.99. The predicted octanol–water partition coefficient (Wildman–Crippen LogP) is 4.47. The van der Waals surface area contributed by atoms with Gasteiger partial charge in [0.25, 0.3) is 5.91 Å². The summed E-state index contributed by atoms with van der Waals surface area (Å²) in [4.78, 5) is 16.2. The van der Waals surface area contributed by atoms with E-state index >= 15 is 0 Å². The molecule has 2 N–H and O–H groups in total. The fraction of sp³-hybridized carbons (Fsp3) is 0.120. The fourth-order valence-electron chi connectivity index (χ4n) is 3.55. The topological polar surface area (TPSA) is 76.4 Å². The van der Waals surface area contributed by atoms with Gasteiger partial charge in [0.2, 0.25) is 0 Å². The minimum Gasteiger partial charge on any atom is -0.497 e. The number of rotatable bonds is 7. The maximum atomic E-state index is 11.3. The molecule has 0 saturated carbocycles. The van der Waals surface area contributed by atoms with Crippen LogP contribution >= 0.6 is 0 Å². The minimum absolute atomic E-state index is 0.572. The van der Waals surface area contributed by atoms with Gasteiger partial charge in [-0.2, -0.15) is 0 Å². The molecule has 6 heteroatoms. The number of ether oxygens (including phenoxy) is 1. The van der Waals surface area contributed by atoms with E-state index in [4.69, 9.17) is 14.9 Å². The second-order valence-corrected chi connectivity index (χ2v) is 7.11. The van der Waals surface area contributed by atoms with Gasteiger partial charge in [0, 0.05) is 18.2 Å². The Morgan fingerprint density at radius 2 is 1.90 bits per heavy atom. The lowest BCUT2D eigenvalue weighted by molar-refractivity contribution is -0.124. The number of carbonyl (C=O) groups excluding carboxylic acids is 1. The predicted molar refractivity (Wildman–Crippen MR) is 121 cm³/mol. The number of para-hydroxylation sites is 2. The smallest absolute Gasteiger partial charge is 0.267 e. The van der Waals surface area contributed by atoms with Crippen molar-refractivity contribution in [1.29, 1.82) is 0 Å². The van der Waals surface area contributed by atoms with Crippen molar-refractivity contribution in [3.05, 3.63) is 90.0 Å². The first kappa shape index (κ1) is 20.4. The third-order valence-corrected chi connectivity index (χ3v) is 5.12. The van der Waals surface area contributed by atoms with Crippen molar-refractivity contribution in [2.75, 3.05) is 7.11 Å². The van der Waals surface area contributed by atoms with E-state index in [9.17, 15) is 4.79 Å². The van der Waals surface area contributed by atoms with Gasteiger partial charge < -0.3 is 9.30 Å². The summed E-state index contributed by atoms with van der Waals surface area (Å²) in [5, 5.41) is 8.67. The summed E-state index contributed by atoms with van der Waals surface area (Å²) in [5.74, 6) is 1.14. The number of aromatic nitrogens is 2. The number of amides is 1. The second-order valence-electron chi connectivity index (χ2n) is 7.11. The zero-order valence-corrected chi connectivity index (χ0v) is 17.2. The van der Waals surface area contributed by atoms with Crippen LogP contribution in [0.3, 0.4) is 0 Å². The van der Waals surface area contributed by atoms with Crippen molar-refractivity contribution in [3.8, 4) is 17.1 Å². The number of hydrogen-bond acceptors (Lipinski definition) is 4. The van der Waals surface area contributed by atoms with Gasteiger partial charge in [-0.15, -0.1) is 0 Å². The number of nitrogens with zero attached hydrogens (tertiary/aromatic N) is 2. The molecule has 1 aromatic heterocycles. The largest absolute Gasteiger partial charge is 0.497 e. The molecule has 0 atom stereocenters. The van der Waals surface area contributed by atoms with Gasteiger partial charge in [-0.3, -0.25) is 10.0 Å². The molecule has 3 aromatic carbocycles. The van der Waals surface area contributed by atoms with Crippen molar-refractivity contribution < 1.29 is 14.7 Å². The summed E-state index contributed by atoms with van der Waals surface area (Å²) in [5.41, 5.74) is 6.63. The third kappa shape index (κ3) is 4.65. The third-order valence-electron chi connectivity index (χ3n) is 5.12. The van der Waals surface area contributed by atoms with Gasteiger partial charge in [-0.25, -0.2) is 10.5 Å². The molecule has 4 rings (SSSR count). The fourth-order valence-corrected chi connectivity index (χ4v) is 3.55. The summed E-state index contributed by atoms with van der Waals surface area (Å²) in [7, 11) is 1.67. The number of hydroxylamine groups is 1. The molecule has 0 unspecified atom stereocenters. The van der Waals surface area contributed by atoms with Gasteiger partial charge in [-0.1, -0.05) is 42.5 Å². The number of imidazole rings is 1.